The molecule has 0 radical (unpaired) electrons. The topological polar surface area (TPSA) is 107 Å². The second kappa shape index (κ2) is 4.62. The van der Waals surface area contributed by atoms with Gasteiger partial charge in [0.1, 0.15) is 0 Å². The molecule has 0 fully saturated rings. The molecule has 0 spiro atoms. The van der Waals surface area contributed by atoms with Gasteiger partial charge in [-0.25, -0.2) is 0 Å². The fraction of sp³-hybridized carbons (Fsp3) is 0. The van der Waals surface area contributed by atoms with Gasteiger partial charge in [0.05, 0.1) is 4.92 Å². The van der Waals surface area contributed by atoms with Crippen LogP contribution in [0.4, 0.5) is 28.4 Å². The molecule has 92 valence electrons. The third-order valence-corrected chi connectivity index (χ3v) is 2.34. The van der Waals surface area contributed by atoms with E-state index in [1.807, 2.05) is 0 Å². The number of nitrogens with two attached hydrogens (primary N) is 2. The Balaban J connectivity index is 2.20. The van der Waals surface area contributed by atoms with Crippen LogP contribution < -0.4 is 16.8 Å². The van der Waals surface area contributed by atoms with Crippen LogP contribution >= 0.6 is 0 Å². The van der Waals surface area contributed by atoms with Crippen molar-refractivity contribution >= 4 is 28.4 Å². The highest BCUT2D eigenvalue weighted by Gasteiger charge is 2.04. The van der Waals surface area contributed by atoms with E-state index in [0.717, 1.165) is 11.4 Å². The Bertz CT molecular complexity index is 561. The van der Waals surface area contributed by atoms with Crippen LogP contribution in [0.3, 0.4) is 0 Å². The van der Waals surface area contributed by atoms with Crippen LogP contribution in [-0.4, -0.2) is 4.92 Å². The zero-order chi connectivity index (χ0) is 13.1. The minimum absolute atomic E-state index is 0.0487. The Hall–Kier alpha value is -2.76. The number of nitrogens with one attached hydrogen (secondary N) is 1. The summed E-state index contributed by atoms with van der Waals surface area (Å²) in [5.74, 6) is 0. The maximum Gasteiger partial charge on any atom is 0.269 e. The van der Waals surface area contributed by atoms with Crippen LogP contribution in [0.15, 0.2) is 42.5 Å². The Labute approximate surface area is 103 Å². The average molecular weight is 244 g/mol. The van der Waals surface area contributed by atoms with E-state index in [1.165, 1.54) is 12.1 Å². The van der Waals surface area contributed by atoms with Crippen molar-refractivity contribution in [2.45, 2.75) is 0 Å². The lowest BCUT2D eigenvalue weighted by molar-refractivity contribution is -0.384. The molecule has 0 atom stereocenters. The second-order valence-electron chi connectivity index (χ2n) is 3.82. The summed E-state index contributed by atoms with van der Waals surface area (Å²) in [5, 5.41) is 13.6. The molecule has 5 N–H and O–H groups in total. The molecule has 0 amide bonds. The maximum atomic E-state index is 10.5. The molecular weight excluding hydrogens is 232 g/mol. The van der Waals surface area contributed by atoms with Crippen LogP contribution in [0.5, 0.6) is 0 Å². The Morgan fingerprint density at radius 1 is 0.944 bits per heavy atom. The maximum absolute atomic E-state index is 10.5. The molecule has 0 heterocycles. The number of nitro groups is 1. The van der Waals surface area contributed by atoms with Crippen molar-refractivity contribution < 1.29 is 4.92 Å². The minimum atomic E-state index is -0.442. The smallest absolute Gasteiger partial charge is 0.269 e. The Morgan fingerprint density at radius 3 is 2.00 bits per heavy atom. The standard InChI is InChI=1S/C12H12N4O2/c13-8-5-9(14)7-11(6-8)15-10-1-3-12(4-2-10)16(17)18/h1-7,15H,13-14H2. The molecule has 6 nitrogen and oxygen atoms in total. The lowest BCUT2D eigenvalue weighted by Crippen LogP contribution is -1.95. The van der Waals surface area contributed by atoms with E-state index in [0.29, 0.717) is 11.4 Å². The highest BCUT2D eigenvalue weighted by molar-refractivity contribution is 5.69. The van der Waals surface area contributed by atoms with Crippen molar-refractivity contribution in [2.75, 3.05) is 16.8 Å². The molecule has 0 aliphatic heterocycles. The van der Waals surface area contributed by atoms with Crippen LogP contribution in [0.1, 0.15) is 0 Å². The first-order valence-corrected chi connectivity index (χ1v) is 5.22. The van der Waals surface area contributed by atoms with Gasteiger partial charge in [-0.05, 0) is 30.3 Å². The number of nitrogens with zero attached hydrogens (tertiary/aromatic N) is 1. The largest absolute Gasteiger partial charge is 0.399 e. The van der Waals surface area contributed by atoms with Gasteiger partial charge in [0.15, 0.2) is 0 Å². The summed E-state index contributed by atoms with van der Waals surface area (Å²) in [7, 11) is 0. The van der Waals surface area contributed by atoms with Crippen LogP contribution in [0.25, 0.3) is 0 Å². The van der Waals surface area contributed by atoms with Crippen LogP contribution in [-0.2, 0) is 0 Å². The summed E-state index contributed by atoms with van der Waals surface area (Å²) in [4.78, 5) is 10.1. The molecule has 0 aliphatic carbocycles. The summed E-state index contributed by atoms with van der Waals surface area (Å²) in [6.45, 7) is 0. The number of benzene rings is 2. The molecule has 2 aromatic rings. The van der Waals surface area contributed by atoms with Gasteiger partial charge in [-0.3, -0.25) is 10.1 Å². The van der Waals surface area contributed by atoms with Crippen molar-refractivity contribution in [3.05, 3.63) is 52.6 Å². The predicted octanol–water partition coefficient (Wildman–Crippen LogP) is 2.50. The van der Waals surface area contributed by atoms with E-state index in [4.69, 9.17) is 11.5 Å². The van der Waals surface area contributed by atoms with Gasteiger partial charge in [0.25, 0.3) is 5.69 Å². The van der Waals surface area contributed by atoms with E-state index >= 15 is 0 Å². The normalized spacial score (nSPS) is 10.0. The Morgan fingerprint density at radius 2 is 1.50 bits per heavy atom. The summed E-state index contributed by atoms with van der Waals surface area (Å²) in [5.41, 5.74) is 14.0. The number of nitro benzene ring substituents is 1. The van der Waals surface area contributed by atoms with Crippen molar-refractivity contribution in [3.63, 3.8) is 0 Å². The third kappa shape index (κ3) is 2.67. The van der Waals surface area contributed by atoms with Crippen LogP contribution in [0.2, 0.25) is 0 Å². The fourth-order valence-corrected chi connectivity index (χ4v) is 1.58. The van der Waals surface area contributed by atoms with E-state index in [-0.39, 0.29) is 5.69 Å². The third-order valence-electron chi connectivity index (χ3n) is 2.34. The van der Waals surface area contributed by atoms with Crippen molar-refractivity contribution in [1.29, 1.82) is 0 Å². The van der Waals surface area contributed by atoms with E-state index in [2.05, 4.69) is 5.32 Å². The van der Waals surface area contributed by atoms with Gasteiger partial charge >= 0.3 is 0 Å². The first-order chi connectivity index (χ1) is 8.54. The molecule has 2 rings (SSSR count). The first kappa shape index (κ1) is 11.7. The number of rotatable bonds is 3. The molecule has 0 saturated heterocycles. The van der Waals surface area contributed by atoms with Gasteiger partial charge < -0.3 is 16.8 Å². The van der Waals surface area contributed by atoms with E-state index in [1.54, 1.807) is 30.3 Å². The molecule has 0 saturated carbocycles. The zero-order valence-corrected chi connectivity index (χ0v) is 9.46. The molecule has 0 aromatic heterocycles. The number of non-ortho nitro benzene ring substituents is 1. The highest BCUT2D eigenvalue weighted by atomic mass is 16.6. The van der Waals surface area contributed by atoms with Gasteiger partial charge in [0, 0.05) is 34.9 Å². The molecule has 0 bridgehead atoms. The Kier molecular flexibility index (Phi) is 3.01. The summed E-state index contributed by atoms with van der Waals surface area (Å²) >= 11 is 0. The van der Waals surface area contributed by atoms with Gasteiger partial charge in [-0.1, -0.05) is 0 Å². The van der Waals surface area contributed by atoms with Crippen molar-refractivity contribution in [3.8, 4) is 0 Å². The van der Waals surface area contributed by atoms with Gasteiger partial charge in [0.2, 0.25) is 0 Å². The number of hydrogen-bond donors (Lipinski definition) is 3. The van der Waals surface area contributed by atoms with Crippen LogP contribution in [0, 0.1) is 10.1 Å². The van der Waals surface area contributed by atoms with E-state index in [9.17, 15) is 10.1 Å². The summed E-state index contributed by atoms with van der Waals surface area (Å²) in [6.07, 6.45) is 0. The average Bonchev–Trinajstić information content (AvgIpc) is 2.28. The lowest BCUT2D eigenvalue weighted by Gasteiger charge is -2.08. The molecule has 0 unspecified atom stereocenters. The zero-order valence-electron chi connectivity index (χ0n) is 9.46. The minimum Gasteiger partial charge on any atom is -0.399 e. The SMILES string of the molecule is Nc1cc(N)cc(Nc2ccc([N+](=O)[O-])cc2)c1. The van der Waals surface area contributed by atoms with Gasteiger partial charge in [-0.2, -0.15) is 0 Å². The quantitative estimate of drug-likeness (QED) is 0.437. The van der Waals surface area contributed by atoms with E-state index < -0.39 is 4.92 Å². The number of anilines is 4. The van der Waals surface area contributed by atoms with Gasteiger partial charge in [-0.15, -0.1) is 0 Å². The molecular formula is C12H12N4O2. The number of hydrogen-bond acceptors (Lipinski definition) is 5. The molecule has 18 heavy (non-hydrogen) atoms. The fourth-order valence-electron chi connectivity index (χ4n) is 1.58. The lowest BCUT2D eigenvalue weighted by atomic mass is 10.2. The summed E-state index contributed by atoms with van der Waals surface area (Å²) < 4.78 is 0. The summed E-state index contributed by atoms with van der Waals surface area (Å²) in [6, 6.07) is 11.2. The highest BCUT2D eigenvalue weighted by Crippen LogP contribution is 2.23. The number of nitrogen functional groups attached to an aromatic ring is 2. The second-order valence-corrected chi connectivity index (χ2v) is 3.82. The molecule has 2 aromatic carbocycles. The predicted molar refractivity (Wildman–Crippen MR) is 71.6 cm³/mol. The first-order valence-electron chi connectivity index (χ1n) is 5.22. The monoisotopic (exact) mass is 244 g/mol. The van der Waals surface area contributed by atoms with Crippen molar-refractivity contribution in [1.82, 2.24) is 0 Å². The van der Waals surface area contributed by atoms with Crippen molar-refractivity contribution in [2.24, 2.45) is 0 Å². The molecule has 0 aliphatic rings. The molecule has 6 heteroatoms.